The van der Waals surface area contributed by atoms with Crippen LogP contribution in [0, 0.1) is 17.8 Å². The summed E-state index contributed by atoms with van der Waals surface area (Å²) in [5.74, 6) is -3.03. The number of hydrogen-bond donors (Lipinski definition) is 2. The lowest BCUT2D eigenvalue weighted by atomic mass is 9.70. The maximum Gasteiger partial charge on any atom is 0.312 e. The molecule has 8 nitrogen and oxygen atoms in total. The minimum atomic E-state index is -1.20. The van der Waals surface area contributed by atoms with Crippen molar-refractivity contribution in [1.29, 1.82) is 0 Å². The van der Waals surface area contributed by atoms with Crippen molar-refractivity contribution >= 4 is 51.0 Å². The number of fused-ring (bicyclic) bond motifs is 1. The minimum Gasteiger partial charge on any atom is -0.466 e. The number of likely N-dealkylation sites (tertiary alicyclic amines) is 1. The van der Waals surface area contributed by atoms with Gasteiger partial charge in [-0.2, -0.15) is 0 Å². The van der Waals surface area contributed by atoms with Crippen LogP contribution in [0.15, 0.2) is 24.3 Å². The van der Waals surface area contributed by atoms with Gasteiger partial charge in [0, 0.05) is 15.5 Å². The van der Waals surface area contributed by atoms with Crippen molar-refractivity contribution in [2.75, 3.05) is 18.5 Å². The molecular weight excluding hydrogens is 528 g/mol. The quantitative estimate of drug-likeness (QED) is 0.376. The lowest BCUT2D eigenvalue weighted by Gasteiger charge is -2.38. The van der Waals surface area contributed by atoms with Gasteiger partial charge in [-0.1, -0.05) is 47.8 Å². The number of alkyl halides is 1. The Bertz CT molecular complexity index is 961. The molecule has 0 aliphatic carbocycles. The molecule has 0 saturated carbocycles. The Kier molecular flexibility index (Phi) is 7.29. The van der Waals surface area contributed by atoms with Crippen LogP contribution < -0.4 is 5.32 Å². The molecule has 1 aromatic carbocycles. The Morgan fingerprint density at radius 1 is 1.35 bits per heavy atom. The Morgan fingerprint density at radius 2 is 2.03 bits per heavy atom. The first-order valence-corrected chi connectivity index (χ1v) is 13.0. The lowest BCUT2D eigenvalue weighted by Crippen LogP contribution is -2.57. The van der Waals surface area contributed by atoms with E-state index in [2.05, 4.69) is 21.2 Å². The van der Waals surface area contributed by atoms with Gasteiger partial charge in [-0.15, -0.1) is 0 Å². The highest BCUT2D eigenvalue weighted by Gasteiger charge is 2.77. The third-order valence-corrected chi connectivity index (χ3v) is 8.59. The summed E-state index contributed by atoms with van der Waals surface area (Å²) in [6, 6.07) is 5.06. The molecule has 2 bridgehead atoms. The molecule has 8 atom stereocenters. The number of carbonyl (C=O) groups excluding carboxylic acids is 3. The third-order valence-electron chi connectivity index (χ3n) is 7.49. The van der Waals surface area contributed by atoms with Gasteiger partial charge in [0.25, 0.3) is 0 Å². The van der Waals surface area contributed by atoms with E-state index in [4.69, 9.17) is 21.1 Å². The van der Waals surface area contributed by atoms with Crippen molar-refractivity contribution < 1.29 is 29.0 Å². The summed E-state index contributed by atoms with van der Waals surface area (Å²) in [6.07, 6.45) is 0.513. The van der Waals surface area contributed by atoms with Crippen LogP contribution in [0.4, 0.5) is 5.69 Å². The SMILES string of the molecule is CCOC(=O)[C@@H]1[C@H]2O[C@@]3(CC2Br)[C@H](C(=O)Nc2ccc(Cl)cc2)N([C@@H](CO)[C@@H](C)CC)C(=O)[C@@H]13. The van der Waals surface area contributed by atoms with Crippen LogP contribution in [0.5, 0.6) is 0 Å². The van der Waals surface area contributed by atoms with E-state index in [0.29, 0.717) is 23.6 Å². The molecule has 3 aliphatic heterocycles. The highest BCUT2D eigenvalue weighted by Crippen LogP contribution is 2.60. The molecule has 10 heteroatoms. The van der Waals surface area contributed by atoms with Gasteiger partial charge in [0.1, 0.15) is 11.6 Å². The summed E-state index contributed by atoms with van der Waals surface area (Å²) in [6.45, 7) is 5.48. The highest BCUT2D eigenvalue weighted by molar-refractivity contribution is 9.09. The maximum absolute atomic E-state index is 13.9. The first-order valence-electron chi connectivity index (χ1n) is 11.7. The van der Waals surface area contributed by atoms with E-state index in [1.807, 2.05) is 13.8 Å². The van der Waals surface area contributed by atoms with E-state index in [-0.39, 0.29) is 29.9 Å². The van der Waals surface area contributed by atoms with Gasteiger partial charge in [-0.3, -0.25) is 14.4 Å². The number of carbonyl (C=O) groups is 3. The van der Waals surface area contributed by atoms with Gasteiger partial charge in [-0.05, 0) is 43.5 Å². The van der Waals surface area contributed by atoms with Crippen LogP contribution in [0.25, 0.3) is 0 Å². The average molecular weight is 558 g/mol. The number of rotatable bonds is 8. The molecule has 4 rings (SSSR count). The first kappa shape index (κ1) is 25.4. The number of hydrogen-bond acceptors (Lipinski definition) is 6. The van der Waals surface area contributed by atoms with E-state index in [0.717, 1.165) is 0 Å². The second-order valence-electron chi connectivity index (χ2n) is 9.29. The fourth-order valence-electron chi connectivity index (χ4n) is 5.79. The maximum atomic E-state index is 13.9. The van der Waals surface area contributed by atoms with E-state index in [1.165, 1.54) is 4.90 Å². The van der Waals surface area contributed by atoms with Crippen molar-refractivity contribution in [3.63, 3.8) is 0 Å². The Morgan fingerprint density at radius 3 is 2.62 bits per heavy atom. The fraction of sp³-hybridized carbons (Fsp3) is 0.625. The normalized spacial score (nSPS) is 33.5. The molecule has 186 valence electrons. The highest BCUT2D eigenvalue weighted by atomic mass is 79.9. The van der Waals surface area contributed by atoms with Gasteiger partial charge < -0.3 is 24.8 Å². The lowest BCUT2D eigenvalue weighted by molar-refractivity contribution is -0.155. The number of anilines is 1. The number of nitrogens with one attached hydrogen (secondary N) is 1. The smallest absolute Gasteiger partial charge is 0.312 e. The Balaban J connectivity index is 1.78. The number of esters is 1. The molecule has 3 fully saturated rings. The summed E-state index contributed by atoms with van der Waals surface area (Å²) in [5.41, 5.74) is -0.680. The van der Waals surface area contributed by atoms with Gasteiger partial charge in [-0.25, -0.2) is 0 Å². The molecule has 2 amide bonds. The van der Waals surface area contributed by atoms with Crippen molar-refractivity contribution in [2.24, 2.45) is 17.8 Å². The molecule has 3 aliphatic rings. The summed E-state index contributed by atoms with van der Waals surface area (Å²) in [4.78, 5) is 41.9. The fourth-order valence-corrected chi connectivity index (χ4v) is 6.86. The van der Waals surface area contributed by atoms with E-state index in [1.54, 1.807) is 31.2 Å². The predicted molar refractivity (Wildman–Crippen MR) is 130 cm³/mol. The molecule has 3 heterocycles. The van der Waals surface area contributed by atoms with Crippen LogP contribution in [-0.2, 0) is 23.9 Å². The van der Waals surface area contributed by atoms with Crippen molar-refractivity contribution in [3.8, 4) is 0 Å². The second-order valence-corrected chi connectivity index (χ2v) is 10.9. The summed E-state index contributed by atoms with van der Waals surface area (Å²) < 4.78 is 11.7. The molecule has 1 spiro atoms. The van der Waals surface area contributed by atoms with Crippen LogP contribution in [0.2, 0.25) is 5.02 Å². The summed E-state index contributed by atoms with van der Waals surface area (Å²) in [7, 11) is 0. The Hall–Kier alpha value is -1.68. The van der Waals surface area contributed by atoms with E-state index >= 15 is 0 Å². The standard InChI is InChI=1S/C24H30BrClN2O6/c1-4-12(3)16(11-29)28-20(21(30)27-14-8-6-13(26)7-9-14)24-10-15(25)19(34-24)17(18(24)22(28)31)23(32)33-5-2/h6-9,12,15-20,29H,4-5,10-11H2,1-3H3,(H,27,30)/t12-,15?,16-,17-,18+,19-,20-,24+/m0/s1. The number of amides is 2. The molecule has 1 aromatic rings. The summed E-state index contributed by atoms with van der Waals surface area (Å²) in [5, 5.41) is 13.7. The third kappa shape index (κ3) is 3.94. The van der Waals surface area contributed by atoms with Crippen LogP contribution in [0.3, 0.4) is 0 Å². The topological polar surface area (TPSA) is 105 Å². The van der Waals surface area contributed by atoms with Gasteiger partial charge in [0.15, 0.2) is 0 Å². The first-order chi connectivity index (χ1) is 16.2. The predicted octanol–water partition coefficient (Wildman–Crippen LogP) is 3.00. The number of nitrogens with zero attached hydrogens (tertiary/aromatic N) is 1. The number of benzene rings is 1. The largest absolute Gasteiger partial charge is 0.466 e. The molecule has 3 saturated heterocycles. The molecule has 1 unspecified atom stereocenters. The van der Waals surface area contributed by atoms with Crippen molar-refractivity contribution in [3.05, 3.63) is 29.3 Å². The zero-order valence-corrected chi connectivity index (χ0v) is 21.7. The molecular formula is C24H30BrClN2O6. The van der Waals surface area contributed by atoms with E-state index < -0.39 is 47.5 Å². The number of ether oxygens (including phenoxy) is 2. The molecule has 34 heavy (non-hydrogen) atoms. The van der Waals surface area contributed by atoms with E-state index in [9.17, 15) is 19.5 Å². The zero-order valence-electron chi connectivity index (χ0n) is 19.4. The number of aliphatic hydroxyl groups is 1. The van der Waals surface area contributed by atoms with Gasteiger partial charge in [0.05, 0.1) is 37.2 Å². The molecule has 2 N–H and O–H groups in total. The van der Waals surface area contributed by atoms with Gasteiger partial charge in [0.2, 0.25) is 11.8 Å². The van der Waals surface area contributed by atoms with Crippen molar-refractivity contribution in [1.82, 2.24) is 4.90 Å². The molecule has 0 aromatic heterocycles. The minimum absolute atomic E-state index is 0.0759. The van der Waals surface area contributed by atoms with Gasteiger partial charge >= 0.3 is 5.97 Å². The van der Waals surface area contributed by atoms with Crippen molar-refractivity contribution in [2.45, 2.75) is 62.2 Å². The monoisotopic (exact) mass is 556 g/mol. The van der Waals surface area contributed by atoms with Crippen LogP contribution >= 0.6 is 27.5 Å². The number of aliphatic hydroxyl groups excluding tert-OH is 1. The summed E-state index contributed by atoms with van der Waals surface area (Å²) >= 11 is 9.59. The average Bonchev–Trinajstić information content (AvgIpc) is 3.39. The van der Waals surface area contributed by atoms with Crippen LogP contribution in [-0.4, -0.2) is 69.6 Å². The Labute approximate surface area is 212 Å². The zero-order chi connectivity index (χ0) is 24.8. The molecule has 0 radical (unpaired) electrons. The van der Waals surface area contributed by atoms with Crippen LogP contribution in [0.1, 0.15) is 33.6 Å². The number of halogens is 2. The second kappa shape index (κ2) is 9.76.